The molecule has 0 aliphatic carbocycles. The minimum Gasteiger partial charge on any atom is -0.329 e. The molecule has 2 rings (SSSR count). The summed E-state index contributed by atoms with van der Waals surface area (Å²) < 4.78 is 2.29. The third-order valence-electron chi connectivity index (χ3n) is 2.32. The topological polar surface area (TPSA) is 27.1 Å². The molecule has 1 aromatic rings. The van der Waals surface area contributed by atoms with Crippen molar-refractivity contribution in [1.82, 2.24) is 0 Å². The van der Waals surface area contributed by atoms with Crippen LogP contribution in [-0.2, 0) is 0 Å². The number of nitrogens with one attached hydrogen (secondary N) is 1. The van der Waals surface area contributed by atoms with Gasteiger partial charge in [0, 0.05) is 21.0 Å². The number of hydrogen-bond donors (Lipinski definition) is 1. The highest BCUT2D eigenvalue weighted by Gasteiger charge is 2.20. The molecule has 0 saturated carbocycles. The van der Waals surface area contributed by atoms with Gasteiger partial charge in [0.2, 0.25) is 0 Å². The van der Waals surface area contributed by atoms with E-state index in [-0.39, 0.29) is 0 Å². The Labute approximate surface area is 105 Å². The summed E-state index contributed by atoms with van der Waals surface area (Å²) in [6.07, 6.45) is 2.00. The molecule has 0 aromatic heterocycles. The first kappa shape index (κ1) is 10.4. The smallest absolute Gasteiger partial charge is 0.100 e. The molecule has 1 aromatic carbocycles. The zero-order chi connectivity index (χ0) is 10.1. The molecule has 0 atom stereocenters. The van der Waals surface area contributed by atoms with Crippen LogP contribution in [0, 0.1) is 8.98 Å². The molecule has 0 radical (unpaired) electrons. The highest BCUT2D eigenvalue weighted by atomic mass is 127. The predicted molar refractivity (Wildman–Crippen MR) is 71.2 cm³/mol. The summed E-state index contributed by atoms with van der Waals surface area (Å²) in [7, 11) is 0. The lowest BCUT2D eigenvalue weighted by molar-refractivity contribution is 0.955. The van der Waals surface area contributed by atoms with E-state index in [0.29, 0.717) is 0 Å². The standard InChI is InChI=1S/C10H10BrIN2/c11-8-6-7(12)3-4-9(8)14-5-1-2-10(14)13/h3-4,6,13H,1-2,5H2. The van der Waals surface area contributed by atoms with Gasteiger partial charge in [0.05, 0.1) is 5.69 Å². The lowest BCUT2D eigenvalue weighted by Crippen LogP contribution is -2.23. The summed E-state index contributed by atoms with van der Waals surface area (Å²) in [5.74, 6) is 0.729. The van der Waals surface area contributed by atoms with Gasteiger partial charge in [0.1, 0.15) is 5.84 Å². The number of nitrogens with zero attached hydrogens (tertiary/aromatic N) is 1. The van der Waals surface area contributed by atoms with E-state index < -0.39 is 0 Å². The summed E-state index contributed by atoms with van der Waals surface area (Å²) in [5, 5.41) is 7.80. The normalized spacial score (nSPS) is 16.4. The minimum absolute atomic E-state index is 0.729. The molecular weight excluding hydrogens is 355 g/mol. The maximum atomic E-state index is 7.80. The van der Waals surface area contributed by atoms with Crippen LogP contribution in [0.4, 0.5) is 5.69 Å². The fourth-order valence-corrected chi connectivity index (χ4v) is 3.15. The third-order valence-corrected chi connectivity index (χ3v) is 3.63. The fourth-order valence-electron chi connectivity index (χ4n) is 1.64. The van der Waals surface area contributed by atoms with Gasteiger partial charge in [-0.2, -0.15) is 0 Å². The maximum Gasteiger partial charge on any atom is 0.100 e. The molecule has 1 heterocycles. The molecular formula is C10H10BrIN2. The zero-order valence-corrected chi connectivity index (χ0v) is 11.3. The number of hydrogen-bond acceptors (Lipinski definition) is 1. The second-order valence-corrected chi connectivity index (χ2v) is 5.40. The second-order valence-electron chi connectivity index (χ2n) is 3.30. The van der Waals surface area contributed by atoms with Crippen molar-refractivity contribution in [2.45, 2.75) is 12.8 Å². The summed E-state index contributed by atoms with van der Waals surface area (Å²) in [6.45, 7) is 0.970. The van der Waals surface area contributed by atoms with Crippen LogP contribution in [-0.4, -0.2) is 12.4 Å². The van der Waals surface area contributed by atoms with Crippen LogP contribution in [0.2, 0.25) is 0 Å². The molecule has 1 aliphatic heterocycles. The van der Waals surface area contributed by atoms with Crippen molar-refractivity contribution < 1.29 is 0 Å². The number of benzene rings is 1. The Kier molecular flexibility index (Phi) is 3.11. The summed E-state index contributed by atoms with van der Waals surface area (Å²) in [5.41, 5.74) is 1.12. The monoisotopic (exact) mass is 364 g/mol. The Morgan fingerprint density at radius 1 is 1.43 bits per heavy atom. The number of halogens is 2. The van der Waals surface area contributed by atoms with E-state index in [1.165, 1.54) is 3.57 Å². The Morgan fingerprint density at radius 3 is 2.79 bits per heavy atom. The van der Waals surface area contributed by atoms with Gasteiger partial charge in [-0.3, -0.25) is 5.41 Å². The highest BCUT2D eigenvalue weighted by molar-refractivity contribution is 14.1. The van der Waals surface area contributed by atoms with E-state index in [1.807, 2.05) is 0 Å². The number of anilines is 1. The van der Waals surface area contributed by atoms with Crippen LogP contribution in [0.15, 0.2) is 22.7 Å². The van der Waals surface area contributed by atoms with Crippen molar-refractivity contribution in [2.75, 3.05) is 11.4 Å². The quantitative estimate of drug-likeness (QED) is 0.757. The van der Waals surface area contributed by atoms with Crippen LogP contribution >= 0.6 is 38.5 Å². The van der Waals surface area contributed by atoms with Crippen LogP contribution in [0.1, 0.15) is 12.8 Å². The molecule has 1 saturated heterocycles. The number of amidine groups is 1. The van der Waals surface area contributed by atoms with Crippen molar-refractivity contribution in [3.8, 4) is 0 Å². The third kappa shape index (κ3) is 1.95. The van der Waals surface area contributed by atoms with Crippen LogP contribution < -0.4 is 4.90 Å². The lowest BCUT2D eigenvalue weighted by Gasteiger charge is -2.19. The first-order chi connectivity index (χ1) is 6.68. The van der Waals surface area contributed by atoms with Gasteiger partial charge < -0.3 is 4.90 Å². The average Bonchev–Trinajstić information content (AvgIpc) is 2.52. The first-order valence-corrected chi connectivity index (χ1v) is 6.35. The van der Waals surface area contributed by atoms with E-state index in [2.05, 4.69) is 61.6 Å². The van der Waals surface area contributed by atoms with Gasteiger partial charge >= 0.3 is 0 Å². The molecule has 1 aliphatic rings. The Balaban J connectivity index is 2.36. The largest absolute Gasteiger partial charge is 0.329 e. The molecule has 0 bridgehead atoms. The van der Waals surface area contributed by atoms with Crippen molar-refractivity contribution in [2.24, 2.45) is 0 Å². The summed E-state index contributed by atoms with van der Waals surface area (Å²) in [4.78, 5) is 2.07. The van der Waals surface area contributed by atoms with E-state index >= 15 is 0 Å². The van der Waals surface area contributed by atoms with E-state index in [0.717, 1.165) is 35.4 Å². The van der Waals surface area contributed by atoms with E-state index in [4.69, 9.17) is 5.41 Å². The molecule has 0 unspecified atom stereocenters. The Hall–Kier alpha value is -0.100. The lowest BCUT2D eigenvalue weighted by atomic mass is 10.3. The molecule has 1 fully saturated rings. The van der Waals surface area contributed by atoms with Crippen molar-refractivity contribution >= 4 is 50.0 Å². The van der Waals surface area contributed by atoms with Crippen LogP contribution in [0.3, 0.4) is 0 Å². The predicted octanol–water partition coefficient (Wildman–Crippen LogP) is 3.63. The summed E-state index contributed by atoms with van der Waals surface area (Å²) in [6, 6.07) is 6.24. The summed E-state index contributed by atoms with van der Waals surface area (Å²) >= 11 is 5.83. The van der Waals surface area contributed by atoms with Crippen molar-refractivity contribution in [3.63, 3.8) is 0 Å². The van der Waals surface area contributed by atoms with Gasteiger partial charge in [-0.05, 0) is 63.1 Å². The molecule has 4 heteroatoms. The van der Waals surface area contributed by atoms with Crippen molar-refractivity contribution in [1.29, 1.82) is 5.41 Å². The minimum atomic E-state index is 0.729. The molecule has 2 nitrogen and oxygen atoms in total. The Morgan fingerprint density at radius 2 is 2.21 bits per heavy atom. The van der Waals surface area contributed by atoms with E-state index in [1.54, 1.807) is 0 Å². The molecule has 1 N–H and O–H groups in total. The van der Waals surface area contributed by atoms with Gasteiger partial charge in [-0.15, -0.1) is 0 Å². The van der Waals surface area contributed by atoms with Gasteiger partial charge in [0.15, 0.2) is 0 Å². The van der Waals surface area contributed by atoms with Crippen LogP contribution in [0.25, 0.3) is 0 Å². The van der Waals surface area contributed by atoms with Gasteiger partial charge in [0.25, 0.3) is 0 Å². The Bertz CT molecular complexity index is 378. The molecule has 14 heavy (non-hydrogen) atoms. The molecule has 0 amide bonds. The first-order valence-electron chi connectivity index (χ1n) is 4.48. The van der Waals surface area contributed by atoms with Gasteiger partial charge in [-0.25, -0.2) is 0 Å². The molecule has 74 valence electrons. The maximum absolute atomic E-state index is 7.80. The van der Waals surface area contributed by atoms with Gasteiger partial charge in [-0.1, -0.05) is 0 Å². The van der Waals surface area contributed by atoms with E-state index in [9.17, 15) is 0 Å². The highest BCUT2D eigenvalue weighted by Crippen LogP contribution is 2.30. The average molecular weight is 365 g/mol. The fraction of sp³-hybridized carbons (Fsp3) is 0.300. The number of rotatable bonds is 1. The van der Waals surface area contributed by atoms with Crippen molar-refractivity contribution in [3.05, 3.63) is 26.2 Å². The van der Waals surface area contributed by atoms with Crippen LogP contribution in [0.5, 0.6) is 0 Å². The SMILES string of the molecule is N=C1CCCN1c1ccc(I)cc1Br. The zero-order valence-electron chi connectivity index (χ0n) is 7.56. The molecule has 0 spiro atoms. The second kappa shape index (κ2) is 4.18.